The number of carbonyl (C=O) groups is 2. The molecule has 1 aliphatic heterocycles. The minimum absolute atomic E-state index is 0.0570. The molecular formula is C15H18BrFN2O2. The molecule has 1 saturated heterocycles. The molecule has 1 heterocycles. The van der Waals surface area contributed by atoms with Gasteiger partial charge in [-0.3, -0.25) is 14.5 Å². The lowest BCUT2D eigenvalue weighted by atomic mass is 10.1. The minimum Gasteiger partial charge on any atom is -0.373 e. The number of nitrogens with one attached hydrogen (secondary N) is 1. The van der Waals surface area contributed by atoms with Crippen molar-refractivity contribution < 1.29 is 14.0 Å². The molecular weight excluding hydrogens is 339 g/mol. The number of anilines is 1. The first-order chi connectivity index (χ1) is 9.97. The second-order valence-electron chi connectivity index (χ2n) is 5.10. The molecule has 1 aliphatic rings. The van der Waals surface area contributed by atoms with Crippen LogP contribution in [0, 0.1) is 5.82 Å². The van der Waals surface area contributed by atoms with E-state index in [1.54, 1.807) is 12.1 Å². The lowest BCUT2D eigenvalue weighted by Gasteiger charge is -2.24. The predicted molar refractivity (Wildman–Crippen MR) is 82.4 cm³/mol. The van der Waals surface area contributed by atoms with Crippen LogP contribution in [0.2, 0.25) is 0 Å². The Labute approximate surface area is 131 Å². The van der Waals surface area contributed by atoms with Gasteiger partial charge in [0, 0.05) is 11.7 Å². The monoisotopic (exact) mass is 356 g/mol. The zero-order valence-electron chi connectivity index (χ0n) is 12.0. The lowest BCUT2D eigenvalue weighted by Crippen LogP contribution is -2.41. The standard InChI is InChI=1S/C15H18BrFN2O2/c1-3-10(4-2)19-14(20)8-13(15(19)21)18-9-5-6-11(16)12(17)7-9/h5-7,10,13,18H,3-4,8H2,1-2H3. The fourth-order valence-corrected chi connectivity index (χ4v) is 2.83. The molecule has 0 spiro atoms. The second kappa shape index (κ2) is 6.56. The molecule has 4 nitrogen and oxygen atoms in total. The molecule has 1 fully saturated rings. The van der Waals surface area contributed by atoms with Crippen molar-refractivity contribution in [2.24, 2.45) is 0 Å². The van der Waals surface area contributed by atoms with Crippen LogP contribution in [0.4, 0.5) is 10.1 Å². The highest BCUT2D eigenvalue weighted by Crippen LogP contribution is 2.25. The number of amides is 2. The second-order valence-corrected chi connectivity index (χ2v) is 5.96. The van der Waals surface area contributed by atoms with Gasteiger partial charge in [0.15, 0.2) is 0 Å². The van der Waals surface area contributed by atoms with Crippen molar-refractivity contribution in [3.05, 3.63) is 28.5 Å². The molecule has 0 aromatic heterocycles. The van der Waals surface area contributed by atoms with E-state index in [-0.39, 0.29) is 24.3 Å². The van der Waals surface area contributed by atoms with Gasteiger partial charge >= 0.3 is 0 Å². The maximum Gasteiger partial charge on any atom is 0.252 e. The number of hydrogen-bond donors (Lipinski definition) is 1. The molecule has 6 heteroatoms. The van der Waals surface area contributed by atoms with Gasteiger partial charge in [0.25, 0.3) is 5.91 Å². The molecule has 1 unspecified atom stereocenters. The van der Waals surface area contributed by atoms with Crippen LogP contribution in [0.3, 0.4) is 0 Å². The molecule has 1 N–H and O–H groups in total. The third-order valence-corrected chi connectivity index (χ3v) is 4.39. The summed E-state index contributed by atoms with van der Waals surface area (Å²) < 4.78 is 13.9. The fourth-order valence-electron chi connectivity index (χ4n) is 2.59. The van der Waals surface area contributed by atoms with Gasteiger partial charge in [-0.25, -0.2) is 4.39 Å². The van der Waals surface area contributed by atoms with Crippen LogP contribution >= 0.6 is 15.9 Å². The van der Waals surface area contributed by atoms with Crippen molar-refractivity contribution in [3.8, 4) is 0 Å². The van der Waals surface area contributed by atoms with Gasteiger partial charge in [-0.1, -0.05) is 13.8 Å². The van der Waals surface area contributed by atoms with Gasteiger partial charge < -0.3 is 5.32 Å². The molecule has 0 radical (unpaired) electrons. The minimum atomic E-state index is -0.612. The molecule has 21 heavy (non-hydrogen) atoms. The summed E-state index contributed by atoms with van der Waals surface area (Å²) in [6.07, 6.45) is 1.61. The maximum atomic E-state index is 13.5. The first kappa shape index (κ1) is 15.9. The zero-order valence-corrected chi connectivity index (χ0v) is 13.6. The Hall–Kier alpha value is -1.43. The van der Waals surface area contributed by atoms with Crippen LogP contribution in [0.25, 0.3) is 0 Å². The molecule has 2 rings (SSSR count). The highest BCUT2D eigenvalue weighted by molar-refractivity contribution is 9.10. The molecule has 1 atom stereocenters. The maximum absolute atomic E-state index is 13.5. The largest absolute Gasteiger partial charge is 0.373 e. The van der Waals surface area contributed by atoms with E-state index in [9.17, 15) is 14.0 Å². The Kier molecular flexibility index (Phi) is 4.98. The fraction of sp³-hybridized carbons (Fsp3) is 0.467. The van der Waals surface area contributed by atoms with Gasteiger partial charge in [-0.05, 0) is 47.0 Å². The van der Waals surface area contributed by atoms with Gasteiger partial charge in [-0.15, -0.1) is 0 Å². The highest BCUT2D eigenvalue weighted by Gasteiger charge is 2.41. The summed E-state index contributed by atoms with van der Waals surface area (Å²) >= 11 is 3.08. The normalized spacial score (nSPS) is 18.7. The summed E-state index contributed by atoms with van der Waals surface area (Å²) in [4.78, 5) is 25.8. The smallest absolute Gasteiger partial charge is 0.252 e. The Bertz CT molecular complexity index is 561. The van der Waals surface area contributed by atoms with E-state index in [1.807, 2.05) is 13.8 Å². The van der Waals surface area contributed by atoms with Crippen molar-refractivity contribution in [3.63, 3.8) is 0 Å². The summed E-state index contributed by atoms with van der Waals surface area (Å²) in [7, 11) is 0. The molecule has 2 amide bonds. The van der Waals surface area contributed by atoms with E-state index in [0.29, 0.717) is 10.2 Å². The van der Waals surface area contributed by atoms with Gasteiger partial charge in [0.1, 0.15) is 11.9 Å². The van der Waals surface area contributed by atoms with E-state index in [2.05, 4.69) is 21.2 Å². The third-order valence-electron chi connectivity index (χ3n) is 3.75. The average molecular weight is 357 g/mol. The number of hydrogen-bond acceptors (Lipinski definition) is 3. The topological polar surface area (TPSA) is 49.4 Å². The number of rotatable bonds is 5. The van der Waals surface area contributed by atoms with Crippen molar-refractivity contribution in [1.29, 1.82) is 0 Å². The number of imide groups is 1. The molecule has 114 valence electrons. The zero-order chi connectivity index (χ0) is 15.6. The number of halogens is 2. The van der Waals surface area contributed by atoms with Crippen molar-refractivity contribution in [2.45, 2.75) is 45.2 Å². The number of likely N-dealkylation sites (tertiary alicyclic amines) is 1. The van der Waals surface area contributed by atoms with Gasteiger partial charge in [0.2, 0.25) is 5.91 Å². The van der Waals surface area contributed by atoms with Gasteiger partial charge in [-0.2, -0.15) is 0 Å². The van der Waals surface area contributed by atoms with Crippen LogP contribution in [-0.2, 0) is 9.59 Å². The Morgan fingerprint density at radius 3 is 2.62 bits per heavy atom. The SMILES string of the molecule is CCC(CC)N1C(=O)CC(Nc2ccc(Br)c(F)c2)C1=O. The average Bonchev–Trinajstić information content (AvgIpc) is 2.72. The van der Waals surface area contributed by atoms with E-state index in [4.69, 9.17) is 0 Å². The summed E-state index contributed by atoms with van der Waals surface area (Å²) in [5.74, 6) is -0.797. The highest BCUT2D eigenvalue weighted by atomic mass is 79.9. The van der Waals surface area contributed by atoms with E-state index in [1.165, 1.54) is 11.0 Å². The van der Waals surface area contributed by atoms with E-state index >= 15 is 0 Å². The Morgan fingerprint density at radius 2 is 2.05 bits per heavy atom. The Morgan fingerprint density at radius 1 is 1.38 bits per heavy atom. The summed E-state index contributed by atoms with van der Waals surface area (Å²) in [5, 5.41) is 2.95. The van der Waals surface area contributed by atoms with E-state index in [0.717, 1.165) is 12.8 Å². The summed E-state index contributed by atoms with van der Waals surface area (Å²) in [6, 6.07) is 3.88. The summed E-state index contributed by atoms with van der Waals surface area (Å²) in [5.41, 5.74) is 0.494. The van der Waals surface area contributed by atoms with Crippen LogP contribution < -0.4 is 5.32 Å². The number of nitrogens with zero attached hydrogens (tertiary/aromatic N) is 1. The molecule has 0 saturated carbocycles. The summed E-state index contributed by atoms with van der Waals surface area (Å²) in [6.45, 7) is 3.92. The first-order valence-corrected chi connectivity index (χ1v) is 7.84. The van der Waals surface area contributed by atoms with E-state index < -0.39 is 11.9 Å². The quantitative estimate of drug-likeness (QED) is 0.823. The van der Waals surface area contributed by atoms with Crippen molar-refractivity contribution >= 4 is 33.4 Å². The molecule has 1 aromatic carbocycles. The van der Waals surface area contributed by atoms with Crippen molar-refractivity contribution in [2.75, 3.05) is 5.32 Å². The predicted octanol–water partition coefficient (Wildman–Crippen LogP) is 3.32. The molecule has 0 bridgehead atoms. The lowest BCUT2D eigenvalue weighted by molar-refractivity contribution is -0.141. The van der Waals surface area contributed by atoms with Gasteiger partial charge in [0.05, 0.1) is 10.9 Å². The third kappa shape index (κ3) is 3.26. The van der Waals surface area contributed by atoms with Crippen LogP contribution in [-0.4, -0.2) is 28.8 Å². The molecule has 0 aliphatic carbocycles. The number of benzene rings is 1. The number of carbonyl (C=O) groups excluding carboxylic acids is 2. The Balaban J connectivity index is 2.13. The van der Waals surface area contributed by atoms with Crippen LogP contribution in [0.15, 0.2) is 22.7 Å². The molecule has 1 aromatic rings. The van der Waals surface area contributed by atoms with Crippen molar-refractivity contribution in [1.82, 2.24) is 4.90 Å². The first-order valence-electron chi connectivity index (χ1n) is 7.05. The van der Waals surface area contributed by atoms with Crippen LogP contribution in [0.5, 0.6) is 0 Å². The van der Waals surface area contributed by atoms with Crippen LogP contribution in [0.1, 0.15) is 33.1 Å².